The van der Waals surface area contributed by atoms with Crippen LogP contribution in [0, 0.1) is 0 Å². The molecule has 0 fully saturated rings. The molecule has 22 heavy (non-hydrogen) atoms. The van der Waals surface area contributed by atoms with Crippen molar-refractivity contribution in [2.75, 3.05) is 6.79 Å². The lowest BCUT2D eigenvalue weighted by Crippen LogP contribution is -1.92. The van der Waals surface area contributed by atoms with Crippen LogP contribution >= 0.6 is 31.9 Å². The summed E-state index contributed by atoms with van der Waals surface area (Å²) in [4.78, 5) is 0. The van der Waals surface area contributed by atoms with E-state index in [0.29, 0.717) is 0 Å². The van der Waals surface area contributed by atoms with Crippen molar-refractivity contribution in [1.82, 2.24) is 10.2 Å². The molecule has 0 aliphatic carbocycles. The van der Waals surface area contributed by atoms with Crippen molar-refractivity contribution in [2.45, 2.75) is 0 Å². The van der Waals surface area contributed by atoms with Crippen molar-refractivity contribution >= 4 is 31.9 Å². The average molecular weight is 422 g/mol. The lowest BCUT2D eigenvalue weighted by atomic mass is 10.1. The molecule has 0 atom stereocenters. The predicted octanol–water partition coefficient (Wildman–Crippen LogP) is 5.00. The molecule has 3 aromatic rings. The van der Waals surface area contributed by atoms with E-state index in [1.54, 1.807) is 0 Å². The molecular formula is C16H10Br2N2O2. The number of aromatic nitrogens is 2. The van der Waals surface area contributed by atoms with Gasteiger partial charge in [-0.25, -0.2) is 0 Å². The lowest BCUT2D eigenvalue weighted by Gasteiger charge is -2.02. The maximum absolute atomic E-state index is 5.43. The summed E-state index contributed by atoms with van der Waals surface area (Å²) in [5, 5.41) is 7.53. The molecule has 0 amide bonds. The van der Waals surface area contributed by atoms with Crippen LogP contribution in [-0.4, -0.2) is 17.0 Å². The molecule has 0 spiro atoms. The topological polar surface area (TPSA) is 47.1 Å². The second kappa shape index (κ2) is 5.44. The van der Waals surface area contributed by atoms with Crippen LogP contribution in [0.15, 0.2) is 51.4 Å². The van der Waals surface area contributed by atoms with Gasteiger partial charge in [-0.1, -0.05) is 28.1 Å². The van der Waals surface area contributed by atoms with Gasteiger partial charge in [0.25, 0.3) is 0 Å². The first-order valence-corrected chi connectivity index (χ1v) is 8.21. The standard InChI is InChI=1S/C16H10Br2N2O2/c17-11-3-1-2-9(6-11)15-14(18)16(20-19-15)10-4-5-12-13(7-10)22-8-21-12/h1-7H,8H2,(H,19,20). The Morgan fingerprint density at radius 2 is 1.82 bits per heavy atom. The predicted molar refractivity (Wildman–Crippen MR) is 91.0 cm³/mol. The number of nitrogens with zero attached hydrogens (tertiary/aromatic N) is 1. The van der Waals surface area contributed by atoms with Gasteiger partial charge in [0.2, 0.25) is 6.79 Å². The molecule has 0 bridgehead atoms. The van der Waals surface area contributed by atoms with Gasteiger partial charge in [-0.2, -0.15) is 5.10 Å². The Morgan fingerprint density at radius 3 is 2.68 bits per heavy atom. The Bertz CT molecular complexity index is 861. The fourth-order valence-electron chi connectivity index (χ4n) is 2.40. The number of aromatic amines is 1. The van der Waals surface area contributed by atoms with E-state index >= 15 is 0 Å². The first kappa shape index (κ1) is 13.8. The van der Waals surface area contributed by atoms with Crippen LogP contribution in [0.1, 0.15) is 0 Å². The summed E-state index contributed by atoms with van der Waals surface area (Å²) >= 11 is 7.14. The molecule has 110 valence electrons. The minimum Gasteiger partial charge on any atom is -0.454 e. The quantitative estimate of drug-likeness (QED) is 0.633. The number of ether oxygens (including phenoxy) is 2. The maximum atomic E-state index is 5.43. The zero-order valence-corrected chi connectivity index (χ0v) is 14.4. The number of hydrogen-bond donors (Lipinski definition) is 1. The minimum atomic E-state index is 0.268. The van der Waals surface area contributed by atoms with Crippen LogP contribution in [0.5, 0.6) is 11.5 Å². The normalized spacial score (nSPS) is 12.6. The van der Waals surface area contributed by atoms with E-state index in [9.17, 15) is 0 Å². The summed E-state index contributed by atoms with van der Waals surface area (Å²) < 4.78 is 12.7. The molecule has 1 aromatic heterocycles. The van der Waals surface area contributed by atoms with E-state index in [4.69, 9.17) is 9.47 Å². The first-order valence-electron chi connectivity index (χ1n) is 6.62. The molecule has 2 aromatic carbocycles. The van der Waals surface area contributed by atoms with Gasteiger partial charge in [0.05, 0.1) is 10.2 Å². The second-order valence-electron chi connectivity index (χ2n) is 4.84. The highest BCUT2D eigenvalue weighted by atomic mass is 79.9. The molecule has 4 rings (SSSR count). The van der Waals surface area contributed by atoms with Crippen molar-refractivity contribution < 1.29 is 9.47 Å². The van der Waals surface area contributed by atoms with E-state index < -0.39 is 0 Å². The van der Waals surface area contributed by atoms with Crippen LogP contribution in [0.2, 0.25) is 0 Å². The molecule has 4 nitrogen and oxygen atoms in total. The van der Waals surface area contributed by atoms with Gasteiger partial charge in [0, 0.05) is 15.6 Å². The van der Waals surface area contributed by atoms with Crippen molar-refractivity contribution in [2.24, 2.45) is 0 Å². The SMILES string of the molecule is Brc1cccc(-c2[nH]nc(-c3ccc4c(c3)OCO4)c2Br)c1. The van der Waals surface area contributed by atoms with Crippen molar-refractivity contribution in [3.8, 4) is 34.0 Å². The number of hydrogen-bond acceptors (Lipinski definition) is 3. The molecule has 0 saturated heterocycles. The average Bonchev–Trinajstić information content (AvgIpc) is 3.12. The Morgan fingerprint density at radius 1 is 0.955 bits per heavy atom. The third kappa shape index (κ3) is 2.32. The third-order valence-electron chi connectivity index (χ3n) is 3.47. The Hall–Kier alpha value is -1.79. The third-order valence-corrected chi connectivity index (χ3v) is 4.73. The van der Waals surface area contributed by atoms with Gasteiger partial charge in [0.1, 0.15) is 5.69 Å². The largest absolute Gasteiger partial charge is 0.454 e. The Balaban J connectivity index is 1.78. The maximum Gasteiger partial charge on any atom is 0.231 e. The number of halogens is 2. The van der Waals surface area contributed by atoms with Gasteiger partial charge in [-0.3, -0.25) is 5.10 Å². The van der Waals surface area contributed by atoms with Crippen molar-refractivity contribution in [1.29, 1.82) is 0 Å². The van der Waals surface area contributed by atoms with Gasteiger partial charge in [0.15, 0.2) is 11.5 Å². The molecular weight excluding hydrogens is 412 g/mol. The molecule has 0 radical (unpaired) electrons. The van der Waals surface area contributed by atoms with E-state index in [1.807, 2.05) is 42.5 Å². The second-order valence-corrected chi connectivity index (χ2v) is 6.55. The summed E-state index contributed by atoms with van der Waals surface area (Å²) in [6.45, 7) is 0.268. The highest BCUT2D eigenvalue weighted by Gasteiger charge is 2.18. The van der Waals surface area contributed by atoms with E-state index in [0.717, 1.165) is 43.0 Å². The summed E-state index contributed by atoms with van der Waals surface area (Å²) in [6, 6.07) is 13.9. The van der Waals surface area contributed by atoms with E-state index in [1.165, 1.54) is 0 Å². The molecule has 2 heterocycles. The van der Waals surface area contributed by atoms with Gasteiger partial charge < -0.3 is 9.47 Å². The van der Waals surface area contributed by atoms with Crippen LogP contribution in [0.25, 0.3) is 22.5 Å². The summed E-state index contributed by atoms with van der Waals surface area (Å²) in [6.07, 6.45) is 0. The number of rotatable bonds is 2. The molecule has 1 aliphatic heterocycles. The monoisotopic (exact) mass is 420 g/mol. The van der Waals surface area contributed by atoms with Crippen molar-refractivity contribution in [3.63, 3.8) is 0 Å². The molecule has 6 heteroatoms. The lowest BCUT2D eigenvalue weighted by molar-refractivity contribution is 0.174. The smallest absolute Gasteiger partial charge is 0.231 e. The molecule has 0 saturated carbocycles. The highest BCUT2D eigenvalue weighted by molar-refractivity contribution is 9.11. The van der Waals surface area contributed by atoms with Crippen LogP contribution in [-0.2, 0) is 0 Å². The number of fused-ring (bicyclic) bond motifs is 1. The summed E-state index contributed by atoms with van der Waals surface area (Å²) in [5.74, 6) is 1.51. The minimum absolute atomic E-state index is 0.268. The summed E-state index contributed by atoms with van der Waals surface area (Å²) in [7, 11) is 0. The van der Waals surface area contributed by atoms with E-state index in [-0.39, 0.29) is 6.79 Å². The van der Waals surface area contributed by atoms with Gasteiger partial charge in [-0.15, -0.1) is 0 Å². The fourth-order valence-corrected chi connectivity index (χ4v) is 3.43. The van der Waals surface area contributed by atoms with Gasteiger partial charge >= 0.3 is 0 Å². The van der Waals surface area contributed by atoms with E-state index in [2.05, 4.69) is 42.1 Å². The zero-order valence-electron chi connectivity index (χ0n) is 11.3. The van der Waals surface area contributed by atoms with Crippen LogP contribution in [0.4, 0.5) is 0 Å². The fraction of sp³-hybridized carbons (Fsp3) is 0.0625. The molecule has 1 aliphatic rings. The summed E-state index contributed by atoms with van der Waals surface area (Å²) in [5.41, 5.74) is 3.80. The Labute approximate surface area is 143 Å². The number of nitrogens with one attached hydrogen (secondary N) is 1. The molecule has 0 unspecified atom stereocenters. The number of benzene rings is 2. The Kier molecular flexibility index (Phi) is 3.43. The van der Waals surface area contributed by atoms with Crippen molar-refractivity contribution in [3.05, 3.63) is 51.4 Å². The first-order chi connectivity index (χ1) is 10.7. The zero-order chi connectivity index (χ0) is 15.1. The molecule has 1 N–H and O–H groups in total. The van der Waals surface area contributed by atoms with Gasteiger partial charge in [-0.05, 0) is 46.3 Å². The van der Waals surface area contributed by atoms with Crippen LogP contribution < -0.4 is 9.47 Å². The van der Waals surface area contributed by atoms with Crippen LogP contribution in [0.3, 0.4) is 0 Å². The number of H-pyrrole nitrogens is 1. The highest BCUT2D eigenvalue weighted by Crippen LogP contribution is 2.40.